The molecule has 3 rings (SSSR count). The molecule has 0 saturated heterocycles. The Morgan fingerprint density at radius 1 is 1.19 bits per heavy atom. The summed E-state index contributed by atoms with van der Waals surface area (Å²) in [4.78, 5) is 25.6. The molecular formula is C21H25N3O6S. The molecule has 1 heterocycles. The van der Waals surface area contributed by atoms with Gasteiger partial charge in [-0.1, -0.05) is 0 Å². The number of hydrogen-bond acceptors (Lipinski definition) is 6. The van der Waals surface area contributed by atoms with Crippen molar-refractivity contribution in [3.63, 3.8) is 0 Å². The molecule has 2 aromatic carbocycles. The second kappa shape index (κ2) is 8.94. The van der Waals surface area contributed by atoms with Crippen LogP contribution in [0.1, 0.15) is 12.5 Å². The third kappa shape index (κ3) is 4.80. The first-order chi connectivity index (χ1) is 14.6. The van der Waals surface area contributed by atoms with Crippen LogP contribution in [0.3, 0.4) is 0 Å². The standard InChI is InChI=1S/C21H25N3O6S/c1-5-29-16-8-6-15(7-9-16)24(4)21(26)12-23(3)31(27,28)19-11-18-17(10-14(19)2)22-20(25)13-30-18/h6-11H,5,12-13H2,1-4H3,(H,22,25). The summed E-state index contributed by atoms with van der Waals surface area (Å²) in [6.07, 6.45) is 0. The number of sulfonamides is 1. The number of likely N-dealkylation sites (N-methyl/N-ethyl adjacent to an activating group) is 2. The number of benzene rings is 2. The molecule has 1 aliphatic heterocycles. The normalized spacial score (nSPS) is 13.3. The first kappa shape index (κ1) is 22.6. The zero-order chi connectivity index (χ0) is 22.8. The topological polar surface area (TPSA) is 105 Å². The SMILES string of the molecule is CCOc1ccc(N(C)C(=O)CN(C)S(=O)(=O)c2cc3c(cc2C)NC(=O)CO3)cc1. The first-order valence-electron chi connectivity index (χ1n) is 9.66. The van der Waals surface area contributed by atoms with E-state index in [0.29, 0.717) is 29.3 Å². The Kier molecular flexibility index (Phi) is 6.51. The van der Waals surface area contributed by atoms with Crippen LogP contribution in [0.2, 0.25) is 0 Å². The van der Waals surface area contributed by atoms with Gasteiger partial charge in [0.15, 0.2) is 6.61 Å². The third-order valence-corrected chi connectivity index (χ3v) is 6.81. The monoisotopic (exact) mass is 447 g/mol. The van der Waals surface area contributed by atoms with E-state index in [1.54, 1.807) is 44.3 Å². The predicted molar refractivity (Wildman–Crippen MR) is 116 cm³/mol. The van der Waals surface area contributed by atoms with Gasteiger partial charge in [0.2, 0.25) is 15.9 Å². The summed E-state index contributed by atoms with van der Waals surface area (Å²) < 4.78 is 37.9. The average Bonchev–Trinajstić information content (AvgIpc) is 2.73. The molecule has 9 nitrogen and oxygen atoms in total. The van der Waals surface area contributed by atoms with E-state index in [-0.39, 0.29) is 29.7 Å². The molecular weight excluding hydrogens is 422 g/mol. The van der Waals surface area contributed by atoms with Gasteiger partial charge in [-0.2, -0.15) is 4.31 Å². The number of nitrogens with zero attached hydrogens (tertiary/aromatic N) is 2. The van der Waals surface area contributed by atoms with Gasteiger partial charge in [0.05, 0.1) is 23.7 Å². The Balaban J connectivity index is 1.76. The predicted octanol–water partition coefficient (Wildman–Crippen LogP) is 2.01. The minimum atomic E-state index is -3.97. The van der Waals surface area contributed by atoms with E-state index in [2.05, 4.69) is 5.32 Å². The summed E-state index contributed by atoms with van der Waals surface area (Å²) in [7, 11) is -1.04. The molecule has 31 heavy (non-hydrogen) atoms. The molecule has 2 aromatic rings. The molecule has 0 radical (unpaired) electrons. The van der Waals surface area contributed by atoms with Crippen molar-refractivity contribution in [1.82, 2.24) is 4.31 Å². The Bertz CT molecular complexity index is 1100. The van der Waals surface area contributed by atoms with Crippen LogP contribution in [0.4, 0.5) is 11.4 Å². The number of hydrogen-bond donors (Lipinski definition) is 1. The largest absolute Gasteiger partial charge is 0.494 e. The van der Waals surface area contributed by atoms with Crippen LogP contribution in [0.25, 0.3) is 0 Å². The number of carbonyl (C=O) groups is 2. The number of ether oxygens (including phenoxy) is 2. The summed E-state index contributed by atoms with van der Waals surface area (Å²) >= 11 is 0. The number of rotatable bonds is 7. The Morgan fingerprint density at radius 3 is 2.52 bits per heavy atom. The van der Waals surface area contributed by atoms with E-state index >= 15 is 0 Å². The number of amides is 2. The fraction of sp³-hybridized carbons (Fsp3) is 0.333. The van der Waals surface area contributed by atoms with Crippen LogP contribution < -0.4 is 19.7 Å². The fourth-order valence-electron chi connectivity index (χ4n) is 3.12. The molecule has 0 atom stereocenters. The Hall–Kier alpha value is -3.11. The van der Waals surface area contributed by atoms with Crippen LogP contribution in [0.5, 0.6) is 11.5 Å². The first-order valence-corrected chi connectivity index (χ1v) is 11.1. The highest BCUT2D eigenvalue weighted by atomic mass is 32.2. The van der Waals surface area contributed by atoms with Gasteiger partial charge in [0.25, 0.3) is 5.91 Å². The van der Waals surface area contributed by atoms with Crippen LogP contribution in [0, 0.1) is 6.92 Å². The van der Waals surface area contributed by atoms with Crippen LogP contribution >= 0.6 is 0 Å². The maximum absolute atomic E-state index is 13.1. The lowest BCUT2D eigenvalue weighted by Crippen LogP contribution is -2.39. The fourth-order valence-corrected chi connectivity index (χ4v) is 4.46. The highest BCUT2D eigenvalue weighted by Gasteiger charge is 2.29. The van der Waals surface area contributed by atoms with Gasteiger partial charge in [0.1, 0.15) is 11.5 Å². The van der Waals surface area contributed by atoms with Crippen molar-refractivity contribution in [3.05, 3.63) is 42.0 Å². The van der Waals surface area contributed by atoms with E-state index in [0.717, 1.165) is 4.31 Å². The van der Waals surface area contributed by atoms with Gasteiger partial charge in [-0.05, 0) is 49.7 Å². The van der Waals surface area contributed by atoms with Crippen molar-refractivity contribution < 1.29 is 27.5 Å². The molecule has 0 spiro atoms. The lowest BCUT2D eigenvalue weighted by atomic mass is 10.2. The zero-order valence-electron chi connectivity index (χ0n) is 17.8. The van der Waals surface area contributed by atoms with Gasteiger partial charge >= 0.3 is 0 Å². The molecule has 10 heteroatoms. The maximum Gasteiger partial charge on any atom is 0.262 e. The van der Waals surface area contributed by atoms with Gasteiger partial charge in [-0.25, -0.2) is 8.42 Å². The van der Waals surface area contributed by atoms with Crippen molar-refractivity contribution in [2.24, 2.45) is 0 Å². The quantitative estimate of drug-likeness (QED) is 0.696. The van der Waals surface area contributed by atoms with Crippen LogP contribution in [0.15, 0.2) is 41.3 Å². The number of nitrogens with one attached hydrogen (secondary N) is 1. The Morgan fingerprint density at radius 2 is 1.87 bits per heavy atom. The molecule has 0 fully saturated rings. The molecule has 1 N–H and O–H groups in total. The summed E-state index contributed by atoms with van der Waals surface area (Å²) in [6, 6.07) is 9.88. The number of carbonyl (C=O) groups excluding carboxylic acids is 2. The van der Waals surface area contributed by atoms with Gasteiger partial charge < -0.3 is 19.7 Å². The highest BCUT2D eigenvalue weighted by Crippen LogP contribution is 2.33. The van der Waals surface area contributed by atoms with E-state index in [9.17, 15) is 18.0 Å². The minimum Gasteiger partial charge on any atom is -0.494 e. The number of anilines is 2. The molecule has 0 saturated carbocycles. The van der Waals surface area contributed by atoms with Gasteiger partial charge in [-0.15, -0.1) is 0 Å². The highest BCUT2D eigenvalue weighted by molar-refractivity contribution is 7.89. The molecule has 1 aliphatic rings. The van der Waals surface area contributed by atoms with Crippen molar-refractivity contribution >= 4 is 33.2 Å². The summed E-state index contributed by atoms with van der Waals surface area (Å²) in [5.74, 6) is 0.264. The van der Waals surface area contributed by atoms with Crippen molar-refractivity contribution in [1.29, 1.82) is 0 Å². The minimum absolute atomic E-state index is 0.0152. The van der Waals surface area contributed by atoms with E-state index in [1.165, 1.54) is 18.0 Å². The number of aryl methyl sites for hydroxylation is 1. The smallest absolute Gasteiger partial charge is 0.262 e. The molecule has 0 unspecified atom stereocenters. The second-order valence-electron chi connectivity index (χ2n) is 7.09. The average molecular weight is 448 g/mol. The molecule has 2 amide bonds. The van der Waals surface area contributed by atoms with E-state index in [1.807, 2.05) is 6.92 Å². The molecule has 0 aromatic heterocycles. The molecule has 166 valence electrons. The summed E-state index contributed by atoms with van der Waals surface area (Å²) in [6.45, 7) is 3.51. The van der Waals surface area contributed by atoms with Crippen LogP contribution in [-0.4, -0.2) is 58.4 Å². The van der Waals surface area contributed by atoms with E-state index in [4.69, 9.17) is 9.47 Å². The van der Waals surface area contributed by atoms with Crippen molar-refractivity contribution in [3.8, 4) is 11.5 Å². The molecule has 0 bridgehead atoms. The number of fused-ring (bicyclic) bond motifs is 1. The van der Waals surface area contributed by atoms with Gasteiger partial charge in [0, 0.05) is 25.8 Å². The summed E-state index contributed by atoms with van der Waals surface area (Å²) in [5.41, 5.74) is 1.47. The van der Waals surface area contributed by atoms with Crippen molar-refractivity contribution in [2.75, 3.05) is 44.1 Å². The zero-order valence-corrected chi connectivity index (χ0v) is 18.7. The van der Waals surface area contributed by atoms with Crippen LogP contribution in [-0.2, 0) is 19.6 Å². The second-order valence-corrected chi connectivity index (χ2v) is 9.10. The van der Waals surface area contributed by atoms with E-state index < -0.39 is 15.9 Å². The van der Waals surface area contributed by atoms with Gasteiger partial charge in [-0.3, -0.25) is 9.59 Å². The molecule has 0 aliphatic carbocycles. The third-order valence-electron chi connectivity index (χ3n) is 4.87. The maximum atomic E-state index is 13.1. The summed E-state index contributed by atoms with van der Waals surface area (Å²) in [5, 5.41) is 2.64. The van der Waals surface area contributed by atoms with Crippen molar-refractivity contribution in [2.45, 2.75) is 18.7 Å². The lowest BCUT2D eigenvalue weighted by molar-refractivity contribution is -0.119. The lowest BCUT2D eigenvalue weighted by Gasteiger charge is -2.24. The Labute approximate surface area is 181 Å².